The molecule has 0 saturated heterocycles. The highest BCUT2D eigenvalue weighted by atomic mass is 16.4. The summed E-state index contributed by atoms with van der Waals surface area (Å²) in [6.07, 6.45) is 3.44. The third kappa shape index (κ3) is 2.26. The van der Waals surface area contributed by atoms with E-state index < -0.39 is 6.10 Å². The Kier molecular flexibility index (Phi) is 3.59. The van der Waals surface area contributed by atoms with Gasteiger partial charge in [0.2, 0.25) is 0 Å². The number of aryl methyl sites for hydroxylation is 1. The van der Waals surface area contributed by atoms with E-state index in [1.807, 2.05) is 19.1 Å². The lowest BCUT2D eigenvalue weighted by atomic mass is 9.78. The molecule has 0 bridgehead atoms. The van der Waals surface area contributed by atoms with Gasteiger partial charge in [-0.1, -0.05) is 20.3 Å². The summed E-state index contributed by atoms with van der Waals surface area (Å²) in [5.41, 5.74) is 5.73. The van der Waals surface area contributed by atoms with Crippen molar-refractivity contribution in [2.75, 3.05) is 6.54 Å². The zero-order chi connectivity index (χ0) is 12.5. The maximum absolute atomic E-state index is 10.5. The molecule has 3 unspecified atom stereocenters. The van der Waals surface area contributed by atoms with Crippen molar-refractivity contribution >= 4 is 0 Å². The molecule has 0 spiro atoms. The van der Waals surface area contributed by atoms with Gasteiger partial charge in [0.05, 0.1) is 0 Å². The Morgan fingerprint density at radius 3 is 2.82 bits per heavy atom. The van der Waals surface area contributed by atoms with E-state index in [9.17, 15) is 5.11 Å². The summed E-state index contributed by atoms with van der Waals surface area (Å²) in [7, 11) is 0. The largest absolute Gasteiger partial charge is 0.463 e. The fourth-order valence-corrected chi connectivity index (χ4v) is 3.01. The number of rotatable bonds is 4. The second-order valence-electron chi connectivity index (χ2n) is 5.47. The lowest BCUT2D eigenvalue weighted by Gasteiger charge is -2.32. The zero-order valence-corrected chi connectivity index (χ0v) is 10.8. The predicted octanol–water partition coefficient (Wildman–Crippen LogP) is 2.64. The van der Waals surface area contributed by atoms with Crippen LogP contribution in [0.1, 0.15) is 50.7 Å². The fourth-order valence-electron chi connectivity index (χ4n) is 3.01. The van der Waals surface area contributed by atoms with Crippen LogP contribution in [0.15, 0.2) is 16.5 Å². The fraction of sp³-hybridized carbons (Fsp3) is 0.714. The van der Waals surface area contributed by atoms with Crippen molar-refractivity contribution in [1.82, 2.24) is 0 Å². The Balaban J connectivity index is 2.20. The maximum Gasteiger partial charge on any atom is 0.133 e. The minimum absolute atomic E-state index is 0.178. The summed E-state index contributed by atoms with van der Waals surface area (Å²) in [6.45, 7) is 4.80. The minimum atomic E-state index is -0.558. The topological polar surface area (TPSA) is 59.4 Å². The average Bonchev–Trinajstić information content (AvgIpc) is 2.95. The van der Waals surface area contributed by atoms with E-state index in [1.54, 1.807) is 0 Å². The molecule has 17 heavy (non-hydrogen) atoms. The second kappa shape index (κ2) is 4.83. The van der Waals surface area contributed by atoms with E-state index in [2.05, 4.69) is 6.92 Å². The van der Waals surface area contributed by atoms with Crippen LogP contribution < -0.4 is 5.73 Å². The molecule has 2 rings (SSSR count). The molecule has 96 valence electrons. The maximum atomic E-state index is 10.5. The summed E-state index contributed by atoms with van der Waals surface area (Å²) in [5.74, 6) is 2.26. The van der Waals surface area contributed by atoms with Gasteiger partial charge in [0, 0.05) is 18.4 Å². The Bertz CT molecular complexity index is 374. The number of hydrogen-bond acceptors (Lipinski definition) is 3. The van der Waals surface area contributed by atoms with E-state index >= 15 is 0 Å². The molecule has 0 radical (unpaired) electrons. The first-order valence-electron chi connectivity index (χ1n) is 6.58. The van der Waals surface area contributed by atoms with E-state index in [0.29, 0.717) is 18.2 Å². The normalized spacial score (nSPS) is 30.7. The van der Waals surface area contributed by atoms with Gasteiger partial charge in [0.15, 0.2) is 0 Å². The lowest BCUT2D eigenvalue weighted by Crippen LogP contribution is -2.34. The number of nitrogens with two attached hydrogens (primary N) is 1. The van der Waals surface area contributed by atoms with Gasteiger partial charge in [-0.2, -0.15) is 0 Å². The van der Waals surface area contributed by atoms with Crippen LogP contribution in [0.3, 0.4) is 0 Å². The second-order valence-corrected chi connectivity index (χ2v) is 5.47. The molecule has 1 fully saturated rings. The van der Waals surface area contributed by atoms with Crippen LogP contribution in [0.25, 0.3) is 0 Å². The van der Waals surface area contributed by atoms with Crippen molar-refractivity contribution in [2.24, 2.45) is 17.1 Å². The van der Waals surface area contributed by atoms with Crippen molar-refractivity contribution in [3.8, 4) is 0 Å². The van der Waals surface area contributed by atoms with E-state index in [0.717, 1.165) is 31.4 Å². The number of aliphatic hydroxyl groups is 1. The highest BCUT2D eigenvalue weighted by molar-refractivity contribution is 5.13. The summed E-state index contributed by atoms with van der Waals surface area (Å²) in [6, 6.07) is 3.84. The van der Waals surface area contributed by atoms with Crippen molar-refractivity contribution in [2.45, 2.75) is 45.6 Å². The molecule has 3 atom stereocenters. The highest BCUT2D eigenvalue weighted by Gasteiger charge is 2.44. The van der Waals surface area contributed by atoms with Gasteiger partial charge < -0.3 is 15.3 Å². The van der Waals surface area contributed by atoms with Crippen molar-refractivity contribution < 1.29 is 9.52 Å². The van der Waals surface area contributed by atoms with Crippen LogP contribution >= 0.6 is 0 Å². The lowest BCUT2D eigenvalue weighted by molar-refractivity contribution is 0.0136. The van der Waals surface area contributed by atoms with Gasteiger partial charge in [-0.05, 0) is 30.9 Å². The smallest absolute Gasteiger partial charge is 0.133 e. The molecule has 1 aliphatic carbocycles. The van der Waals surface area contributed by atoms with E-state index in [-0.39, 0.29) is 5.41 Å². The molecule has 0 aromatic carbocycles. The predicted molar refractivity (Wildman–Crippen MR) is 67.5 cm³/mol. The molecule has 1 heterocycles. The summed E-state index contributed by atoms with van der Waals surface area (Å²) < 4.78 is 5.66. The number of furan rings is 1. The molecule has 3 nitrogen and oxygen atoms in total. The van der Waals surface area contributed by atoms with Crippen LogP contribution in [0, 0.1) is 11.3 Å². The van der Waals surface area contributed by atoms with Gasteiger partial charge in [0.25, 0.3) is 0 Å². The van der Waals surface area contributed by atoms with Gasteiger partial charge in [-0.3, -0.25) is 0 Å². The molecule has 1 aromatic rings. The molecule has 0 amide bonds. The van der Waals surface area contributed by atoms with Crippen LogP contribution in [0.4, 0.5) is 0 Å². The average molecular weight is 237 g/mol. The summed E-state index contributed by atoms with van der Waals surface area (Å²) in [5, 5.41) is 10.5. The monoisotopic (exact) mass is 237 g/mol. The quantitative estimate of drug-likeness (QED) is 0.846. The van der Waals surface area contributed by atoms with Gasteiger partial charge in [0.1, 0.15) is 17.6 Å². The van der Waals surface area contributed by atoms with Crippen LogP contribution in [-0.4, -0.2) is 11.7 Å². The molecule has 3 N–H and O–H groups in total. The molecule has 1 saturated carbocycles. The molecule has 1 aromatic heterocycles. The van der Waals surface area contributed by atoms with Crippen molar-refractivity contribution in [1.29, 1.82) is 0 Å². The minimum Gasteiger partial charge on any atom is -0.463 e. The van der Waals surface area contributed by atoms with Crippen LogP contribution in [-0.2, 0) is 6.42 Å². The van der Waals surface area contributed by atoms with Gasteiger partial charge >= 0.3 is 0 Å². The first-order chi connectivity index (χ1) is 8.11. The summed E-state index contributed by atoms with van der Waals surface area (Å²) in [4.78, 5) is 0. The highest BCUT2D eigenvalue weighted by Crippen LogP contribution is 2.49. The van der Waals surface area contributed by atoms with Crippen LogP contribution in [0.2, 0.25) is 0 Å². The first kappa shape index (κ1) is 12.7. The van der Waals surface area contributed by atoms with Gasteiger partial charge in [-0.15, -0.1) is 0 Å². The first-order valence-corrected chi connectivity index (χ1v) is 6.58. The third-order valence-electron chi connectivity index (χ3n) is 4.18. The molecular formula is C14H23NO2. The Hall–Kier alpha value is -0.800. The molecule has 0 aliphatic heterocycles. The number of hydrogen-bond donors (Lipinski definition) is 2. The molecular weight excluding hydrogens is 214 g/mol. The number of aliphatic hydroxyl groups excluding tert-OH is 1. The van der Waals surface area contributed by atoms with Crippen LogP contribution in [0.5, 0.6) is 0 Å². The van der Waals surface area contributed by atoms with E-state index in [1.165, 1.54) is 0 Å². The van der Waals surface area contributed by atoms with E-state index in [4.69, 9.17) is 10.2 Å². The van der Waals surface area contributed by atoms with Crippen molar-refractivity contribution in [3.05, 3.63) is 23.7 Å². The molecule has 3 heteroatoms. The SMILES string of the molecule is CCc1ccc(C(O)C2(CN)CCC(C)C2)o1. The van der Waals surface area contributed by atoms with Gasteiger partial charge in [-0.25, -0.2) is 0 Å². The third-order valence-corrected chi connectivity index (χ3v) is 4.18. The van der Waals surface area contributed by atoms with Crippen molar-refractivity contribution in [3.63, 3.8) is 0 Å². The Labute approximate surface area is 103 Å². The standard InChI is InChI=1S/C14H23NO2/c1-3-11-4-5-12(17-11)13(16)14(9-15)7-6-10(2)8-14/h4-5,10,13,16H,3,6-9,15H2,1-2H3. The molecule has 1 aliphatic rings. The zero-order valence-electron chi connectivity index (χ0n) is 10.8. The summed E-state index contributed by atoms with van der Waals surface area (Å²) >= 11 is 0. The Morgan fingerprint density at radius 1 is 1.59 bits per heavy atom. The Morgan fingerprint density at radius 2 is 2.35 bits per heavy atom.